The molecule has 94 valence electrons. The highest BCUT2D eigenvalue weighted by Crippen LogP contribution is 2.49. The fourth-order valence-electron chi connectivity index (χ4n) is 1.13. The summed E-state index contributed by atoms with van der Waals surface area (Å²) in [7, 11) is -1.83. The van der Waals surface area contributed by atoms with E-state index in [-0.39, 0.29) is 6.16 Å². The quantitative estimate of drug-likeness (QED) is 0.394. The molecule has 0 aliphatic rings. The number of rotatable bonds is 7. The Labute approximate surface area is 96.3 Å². The van der Waals surface area contributed by atoms with Gasteiger partial charge in [0.2, 0.25) is 0 Å². The van der Waals surface area contributed by atoms with Crippen LogP contribution in [0, 0.1) is 0 Å². The first-order chi connectivity index (χ1) is 7.47. The predicted octanol–water partition coefficient (Wildman–Crippen LogP) is 2.37. The van der Waals surface area contributed by atoms with Crippen molar-refractivity contribution in [2.45, 2.75) is 20.8 Å². The van der Waals surface area contributed by atoms with Crippen molar-refractivity contribution in [2.24, 2.45) is 0 Å². The molecule has 0 amide bonds. The Morgan fingerprint density at radius 1 is 1.25 bits per heavy atom. The fourth-order valence-corrected chi connectivity index (χ4v) is 2.88. The molecule has 0 aliphatic heterocycles. The van der Waals surface area contributed by atoms with Crippen molar-refractivity contribution in [3.63, 3.8) is 0 Å². The Hall–Kier alpha value is -0.640. The van der Waals surface area contributed by atoms with Crippen molar-refractivity contribution in [1.82, 2.24) is 0 Å². The Kier molecular flexibility index (Phi) is 7.30. The van der Waals surface area contributed by atoms with Gasteiger partial charge in [-0.15, -0.1) is 0 Å². The maximum Gasteiger partial charge on any atom is 0.334 e. The van der Waals surface area contributed by atoms with Crippen LogP contribution in [0.1, 0.15) is 20.8 Å². The van der Waals surface area contributed by atoms with Crippen molar-refractivity contribution < 1.29 is 23.1 Å². The van der Waals surface area contributed by atoms with Gasteiger partial charge in [0.1, 0.15) is 0 Å². The Balaban J connectivity index is 4.57. The monoisotopic (exact) mass is 250 g/mol. The zero-order valence-corrected chi connectivity index (χ0v) is 11.1. The summed E-state index contributed by atoms with van der Waals surface area (Å²) in [6, 6.07) is 0. The molecule has 16 heavy (non-hydrogen) atoms. The van der Waals surface area contributed by atoms with Crippen LogP contribution in [0.2, 0.25) is 0 Å². The van der Waals surface area contributed by atoms with Crippen LogP contribution in [-0.2, 0) is 23.1 Å². The Bertz CT molecular complexity index is 288. The van der Waals surface area contributed by atoms with Gasteiger partial charge in [-0.1, -0.05) is 5.57 Å². The molecule has 0 fully saturated rings. The minimum atomic E-state index is -3.12. The first-order valence-corrected chi connectivity index (χ1v) is 6.83. The number of carbonyl (C=O) groups is 1. The molecule has 0 unspecified atom stereocenters. The molecule has 0 N–H and O–H groups in total. The summed E-state index contributed by atoms with van der Waals surface area (Å²) in [5.74, 6) is -0.475. The van der Waals surface area contributed by atoms with E-state index < -0.39 is 13.6 Å². The molecule has 0 saturated heterocycles. The molecule has 0 saturated carbocycles. The summed E-state index contributed by atoms with van der Waals surface area (Å²) in [4.78, 5) is 11.0. The van der Waals surface area contributed by atoms with E-state index in [2.05, 4.69) is 4.74 Å². The van der Waals surface area contributed by atoms with Gasteiger partial charge in [0.05, 0.1) is 26.5 Å². The molecule has 0 aromatic carbocycles. The van der Waals surface area contributed by atoms with Crippen LogP contribution in [0.25, 0.3) is 0 Å². The van der Waals surface area contributed by atoms with Gasteiger partial charge in [-0.3, -0.25) is 4.57 Å². The molecular weight excluding hydrogens is 231 g/mol. The molecule has 0 bridgehead atoms. The predicted molar refractivity (Wildman–Crippen MR) is 61.5 cm³/mol. The van der Waals surface area contributed by atoms with E-state index >= 15 is 0 Å². The van der Waals surface area contributed by atoms with E-state index in [9.17, 15) is 9.36 Å². The number of carbonyl (C=O) groups excluding carboxylic acids is 1. The number of hydrogen-bond donors (Lipinski definition) is 0. The molecular formula is C10H19O5P. The Morgan fingerprint density at radius 3 is 2.12 bits per heavy atom. The van der Waals surface area contributed by atoms with Crippen LogP contribution in [0.5, 0.6) is 0 Å². The van der Waals surface area contributed by atoms with Gasteiger partial charge in [-0.2, -0.15) is 0 Å². The molecule has 0 atom stereocenters. The van der Waals surface area contributed by atoms with Crippen LogP contribution in [0.3, 0.4) is 0 Å². The topological polar surface area (TPSA) is 61.8 Å². The smallest absolute Gasteiger partial charge is 0.334 e. The minimum absolute atomic E-state index is 0.101. The van der Waals surface area contributed by atoms with E-state index in [0.29, 0.717) is 18.8 Å². The highest BCUT2D eigenvalue weighted by atomic mass is 31.2. The number of hydrogen-bond acceptors (Lipinski definition) is 5. The summed E-state index contributed by atoms with van der Waals surface area (Å²) in [5, 5.41) is 0. The second-order valence-electron chi connectivity index (χ2n) is 3.12. The van der Waals surface area contributed by atoms with Gasteiger partial charge in [-0.25, -0.2) is 4.79 Å². The molecule has 0 radical (unpaired) electrons. The highest BCUT2D eigenvalue weighted by Gasteiger charge is 2.24. The SMILES string of the molecule is CCOP(=O)(C/C(C)=C\C(=O)OC)OCC. The second-order valence-corrected chi connectivity index (χ2v) is 5.17. The number of methoxy groups -OCH3 is 1. The molecule has 6 heteroatoms. The average Bonchev–Trinajstić information content (AvgIpc) is 2.17. The molecule has 0 spiro atoms. The zero-order valence-electron chi connectivity index (χ0n) is 10.2. The molecule has 5 nitrogen and oxygen atoms in total. The summed E-state index contributed by atoms with van der Waals surface area (Å²) in [5.41, 5.74) is 0.608. The van der Waals surface area contributed by atoms with Gasteiger partial charge < -0.3 is 13.8 Å². The van der Waals surface area contributed by atoms with Crippen LogP contribution in [0.4, 0.5) is 0 Å². The lowest BCUT2D eigenvalue weighted by molar-refractivity contribution is -0.134. The van der Waals surface area contributed by atoms with E-state index in [1.165, 1.54) is 13.2 Å². The summed E-state index contributed by atoms with van der Waals surface area (Å²) >= 11 is 0. The lowest BCUT2D eigenvalue weighted by Crippen LogP contribution is -2.03. The first kappa shape index (κ1) is 15.4. The standard InChI is InChI=1S/C10H19O5P/c1-5-14-16(12,15-6-2)8-9(3)7-10(11)13-4/h7H,5-6,8H2,1-4H3/b9-7-. The number of esters is 1. The van der Waals surface area contributed by atoms with Crippen molar-refractivity contribution in [2.75, 3.05) is 26.5 Å². The van der Waals surface area contributed by atoms with Crippen LogP contribution >= 0.6 is 7.60 Å². The fraction of sp³-hybridized carbons (Fsp3) is 0.700. The third kappa shape index (κ3) is 6.05. The van der Waals surface area contributed by atoms with Crippen LogP contribution in [-0.4, -0.2) is 32.5 Å². The van der Waals surface area contributed by atoms with Gasteiger partial charge in [0.15, 0.2) is 0 Å². The van der Waals surface area contributed by atoms with Gasteiger partial charge in [0.25, 0.3) is 0 Å². The third-order valence-corrected chi connectivity index (χ3v) is 3.85. The zero-order chi connectivity index (χ0) is 12.6. The molecule has 0 aromatic rings. The maximum absolute atomic E-state index is 12.1. The second kappa shape index (κ2) is 7.60. The van der Waals surface area contributed by atoms with Crippen molar-refractivity contribution in [1.29, 1.82) is 0 Å². The van der Waals surface area contributed by atoms with Crippen LogP contribution < -0.4 is 0 Å². The average molecular weight is 250 g/mol. The van der Waals surface area contributed by atoms with E-state index in [4.69, 9.17) is 9.05 Å². The molecule has 0 aliphatic carbocycles. The van der Waals surface area contributed by atoms with Gasteiger partial charge in [-0.05, 0) is 20.8 Å². The maximum atomic E-state index is 12.1. The van der Waals surface area contributed by atoms with E-state index in [0.717, 1.165) is 0 Å². The normalized spacial score (nSPS) is 12.6. The third-order valence-electron chi connectivity index (χ3n) is 1.66. The summed E-state index contributed by atoms with van der Waals surface area (Å²) in [6.45, 7) is 5.78. The van der Waals surface area contributed by atoms with Crippen LogP contribution in [0.15, 0.2) is 11.6 Å². The first-order valence-electron chi connectivity index (χ1n) is 5.10. The van der Waals surface area contributed by atoms with Gasteiger partial charge in [0, 0.05) is 6.08 Å². The Morgan fingerprint density at radius 2 is 1.75 bits per heavy atom. The largest absolute Gasteiger partial charge is 0.466 e. The molecule has 0 aromatic heterocycles. The van der Waals surface area contributed by atoms with Crippen molar-refractivity contribution >= 4 is 13.6 Å². The van der Waals surface area contributed by atoms with Crippen molar-refractivity contribution in [3.8, 4) is 0 Å². The molecule has 0 rings (SSSR count). The van der Waals surface area contributed by atoms with E-state index in [1.807, 2.05) is 0 Å². The number of ether oxygens (including phenoxy) is 1. The number of allylic oxidation sites excluding steroid dienone is 1. The van der Waals surface area contributed by atoms with Crippen molar-refractivity contribution in [3.05, 3.63) is 11.6 Å². The summed E-state index contributed by atoms with van der Waals surface area (Å²) in [6.07, 6.45) is 1.38. The lowest BCUT2D eigenvalue weighted by Gasteiger charge is -2.16. The van der Waals surface area contributed by atoms with E-state index in [1.54, 1.807) is 20.8 Å². The lowest BCUT2D eigenvalue weighted by atomic mass is 10.3. The highest BCUT2D eigenvalue weighted by molar-refractivity contribution is 7.54. The van der Waals surface area contributed by atoms with Gasteiger partial charge >= 0.3 is 13.6 Å². The minimum Gasteiger partial charge on any atom is -0.466 e. The summed E-state index contributed by atoms with van der Waals surface area (Å²) < 4.78 is 26.7. The molecule has 0 heterocycles.